The highest BCUT2D eigenvalue weighted by Crippen LogP contribution is 2.34. The number of nitrogens with zero attached hydrogens (tertiary/aromatic N) is 2. The van der Waals surface area contributed by atoms with Crippen LogP contribution >= 0.6 is 0 Å². The van der Waals surface area contributed by atoms with E-state index in [0.29, 0.717) is 0 Å². The molecule has 1 aromatic rings. The molecule has 0 saturated carbocycles. The molecule has 4 rings (SSSR count). The molecule has 2 heteroatoms. The Hall–Kier alpha value is -2.09. The minimum absolute atomic E-state index is 1.08. The average molecular weight is 220 g/mol. The first kappa shape index (κ1) is 8.99. The molecule has 0 unspecified atom stereocenters. The van der Waals surface area contributed by atoms with Crippen molar-refractivity contribution in [3.05, 3.63) is 48.3 Å². The summed E-state index contributed by atoms with van der Waals surface area (Å²) >= 11 is 0. The molecule has 0 N–H and O–H groups in total. The Morgan fingerprint density at radius 1 is 1.12 bits per heavy atom. The molecule has 0 saturated heterocycles. The van der Waals surface area contributed by atoms with Crippen molar-refractivity contribution in [2.24, 2.45) is 0 Å². The van der Waals surface area contributed by atoms with E-state index in [1.807, 2.05) is 6.07 Å². The highest BCUT2D eigenvalue weighted by molar-refractivity contribution is 5.98. The van der Waals surface area contributed by atoms with E-state index in [2.05, 4.69) is 47.3 Å². The second-order valence-electron chi connectivity index (χ2n) is 4.48. The Morgan fingerprint density at radius 2 is 2.06 bits per heavy atom. The summed E-state index contributed by atoms with van der Waals surface area (Å²) in [6.07, 6.45) is 8.68. The molecule has 17 heavy (non-hydrogen) atoms. The summed E-state index contributed by atoms with van der Waals surface area (Å²) in [7, 11) is 0. The molecule has 3 heterocycles. The summed E-state index contributed by atoms with van der Waals surface area (Å²) in [6.45, 7) is 0. The van der Waals surface area contributed by atoms with Crippen molar-refractivity contribution in [1.82, 2.24) is 9.55 Å². The van der Waals surface area contributed by atoms with Crippen molar-refractivity contribution >= 4 is 17.1 Å². The van der Waals surface area contributed by atoms with Gasteiger partial charge in [0.05, 0.1) is 11.2 Å². The molecule has 3 aliphatic heterocycles. The van der Waals surface area contributed by atoms with Gasteiger partial charge in [-0.25, -0.2) is 4.98 Å². The zero-order chi connectivity index (χ0) is 11.2. The zero-order valence-corrected chi connectivity index (χ0v) is 9.43. The second-order valence-corrected chi connectivity index (χ2v) is 4.48. The van der Waals surface area contributed by atoms with Crippen LogP contribution in [0.25, 0.3) is 28.4 Å². The van der Waals surface area contributed by atoms with Crippen LogP contribution in [0.5, 0.6) is 0 Å². The van der Waals surface area contributed by atoms with Gasteiger partial charge in [-0.05, 0) is 25.0 Å². The Balaban J connectivity index is 2.15. The third kappa shape index (κ3) is 1.18. The summed E-state index contributed by atoms with van der Waals surface area (Å²) in [6, 6.07) is 10.5. The minimum atomic E-state index is 1.08. The van der Waals surface area contributed by atoms with Crippen molar-refractivity contribution in [2.75, 3.05) is 0 Å². The van der Waals surface area contributed by atoms with Crippen LogP contribution in [0.2, 0.25) is 0 Å². The molecule has 0 aliphatic carbocycles. The van der Waals surface area contributed by atoms with Gasteiger partial charge in [-0.1, -0.05) is 24.3 Å². The average Bonchev–Trinajstić information content (AvgIpc) is 2.78. The van der Waals surface area contributed by atoms with E-state index in [9.17, 15) is 0 Å². The maximum absolute atomic E-state index is 4.77. The summed E-state index contributed by atoms with van der Waals surface area (Å²) < 4.78 is 2.19. The number of para-hydroxylation sites is 1. The molecule has 0 atom stereocenters. The number of hydrogen-bond donors (Lipinski definition) is 0. The Labute approximate surface area is 99.6 Å². The van der Waals surface area contributed by atoms with E-state index >= 15 is 0 Å². The third-order valence-electron chi connectivity index (χ3n) is 3.48. The van der Waals surface area contributed by atoms with Crippen molar-refractivity contribution < 1.29 is 0 Å². The van der Waals surface area contributed by atoms with Crippen LogP contribution in [0.15, 0.2) is 42.6 Å². The Bertz CT molecular complexity index is 706. The first-order valence-electron chi connectivity index (χ1n) is 5.98. The molecule has 82 valence electrons. The van der Waals surface area contributed by atoms with Crippen molar-refractivity contribution in [1.29, 1.82) is 0 Å². The van der Waals surface area contributed by atoms with Gasteiger partial charge in [0.2, 0.25) is 0 Å². The number of rotatable bonds is 0. The normalized spacial score (nSPS) is 14.4. The lowest BCUT2D eigenvalue weighted by atomic mass is 10.0. The predicted molar refractivity (Wildman–Crippen MR) is 70.0 cm³/mol. The molecule has 2 nitrogen and oxygen atoms in total. The zero-order valence-electron chi connectivity index (χ0n) is 9.43. The summed E-state index contributed by atoms with van der Waals surface area (Å²) in [4.78, 5) is 4.77. The van der Waals surface area contributed by atoms with Gasteiger partial charge >= 0.3 is 0 Å². The molecule has 0 aromatic heterocycles. The van der Waals surface area contributed by atoms with Crippen LogP contribution in [0.3, 0.4) is 0 Å². The molecule has 0 amide bonds. The van der Waals surface area contributed by atoms with E-state index in [1.165, 1.54) is 16.6 Å². The van der Waals surface area contributed by atoms with Gasteiger partial charge in [0.1, 0.15) is 0 Å². The first-order valence-corrected chi connectivity index (χ1v) is 5.98. The van der Waals surface area contributed by atoms with Gasteiger partial charge < -0.3 is 4.57 Å². The number of pyridine rings is 1. The van der Waals surface area contributed by atoms with Gasteiger partial charge in [-0.15, -0.1) is 0 Å². The van der Waals surface area contributed by atoms with E-state index < -0.39 is 0 Å². The number of allylic oxidation sites excluding steroid dienone is 1. The van der Waals surface area contributed by atoms with Gasteiger partial charge in [-0.2, -0.15) is 0 Å². The van der Waals surface area contributed by atoms with Crippen LogP contribution in [-0.2, 0) is 6.42 Å². The van der Waals surface area contributed by atoms with E-state index in [-0.39, 0.29) is 0 Å². The van der Waals surface area contributed by atoms with Crippen LogP contribution in [0.1, 0.15) is 12.1 Å². The maximum atomic E-state index is 4.77. The second kappa shape index (κ2) is 3.20. The summed E-state index contributed by atoms with van der Waals surface area (Å²) in [5.74, 6) is 0. The van der Waals surface area contributed by atoms with Crippen LogP contribution in [0, 0.1) is 0 Å². The fourth-order valence-corrected chi connectivity index (χ4v) is 2.66. The lowest BCUT2D eigenvalue weighted by Gasteiger charge is -2.16. The third-order valence-corrected chi connectivity index (χ3v) is 3.48. The summed E-state index contributed by atoms with van der Waals surface area (Å²) in [5.41, 5.74) is 4.88. The quantitative estimate of drug-likeness (QED) is 0.566. The Kier molecular flexibility index (Phi) is 1.69. The largest absolute Gasteiger partial charge is 0.326 e. The highest BCUT2D eigenvalue weighted by atomic mass is 15.0. The lowest BCUT2D eigenvalue weighted by molar-refractivity contribution is 0.856. The smallest absolute Gasteiger partial charge is 0.0914 e. The molecular formula is C15H12N2. The van der Waals surface area contributed by atoms with Crippen LogP contribution < -0.4 is 0 Å². The van der Waals surface area contributed by atoms with Crippen molar-refractivity contribution in [3.63, 3.8) is 0 Å². The van der Waals surface area contributed by atoms with Gasteiger partial charge in [0, 0.05) is 29.0 Å². The van der Waals surface area contributed by atoms with Gasteiger partial charge in [0.15, 0.2) is 0 Å². The SMILES string of the molecule is C1=Cn2ccc3c4ccccc4nc-3c2CC1. The molecule has 0 radical (unpaired) electrons. The molecular weight excluding hydrogens is 208 g/mol. The minimum Gasteiger partial charge on any atom is -0.326 e. The first-order chi connectivity index (χ1) is 8.43. The van der Waals surface area contributed by atoms with E-state index in [0.717, 1.165) is 24.1 Å². The number of aromatic nitrogens is 2. The van der Waals surface area contributed by atoms with Gasteiger partial charge in [0.25, 0.3) is 0 Å². The maximum Gasteiger partial charge on any atom is 0.0914 e. The van der Waals surface area contributed by atoms with E-state index in [1.54, 1.807) is 0 Å². The number of benzene rings is 1. The predicted octanol–water partition coefficient (Wildman–Crippen LogP) is 3.56. The molecule has 0 bridgehead atoms. The van der Waals surface area contributed by atoms with Crippen LogP contribution in [0.4, 0.5) is 0 Å². The van der Waals surface area contributed by atoms with Crippen molar-refractivity contribution in [3.8, 4) is 11.3 Å². The number of fused-ring (bicyclic) bond motifs is 5. The number of hydrogen-bond acceptors (Lipinski definition) is 1. The highest BCUT2D eigenvalue weighted by Gasteiger charge is 2.17. The fraction of sp³-hybridized carbons (Fsp3) is 0.133. The Morgan fingerprint density at radius 3 is 3.06 bits per heavy atom. The molecule has 1 aromatic carbocycles. The lowest BCUT2D eigenvalue weighted by Crippen LogP contribution is -2.06. The molecule has 0 fully saturated rings. The van der Waals surface area contributed by atoms with Gasteiger partial charge in [-0.3, -0.25) is 0 Å². The van der Waals surface area contributed by atoms with Crippen LogP contribution in [-0.4, -0.2) is 9.55 Å². The fourth-order valence-electron chi connectivity index (χ4n) is 2.66. The van der Waals surface area contributed by atoms with E-state index in [4.69, 9.17) is 4.98 Å². The molecule has 3 aliphatic rings. The summed E-state index contributed by atoms with van der Waals surface area (Å²) in [5, 5.41) is 1.26. The topological polar surface area (TPSA) is 17.8 Å². The van der Waals surface area contributed by atoms with Crippen molar-refractivity contribution in [2.45, 2.75) is 12.8 Å². The standard InChI is InChI=1S/C15H12N2/c1-2-6-13-11(5-1)12-8-10-17-9-4-3-7-14(17)15(12)16-13/h1-2,4-6,8-10H,3,7H2. The monoisotopic (exact) mass is 220 g/mol. The molecule has 0 spiro atoms.